The summed E-state index contributed by atoms with van der Waals surface area (Å²) in [6.45, 7) is 5.65. The third-order valence-corrected chi connectivity index (χ3v) is 7.64. The first-order valence-electron chi connectivity index (χ1n) is 11.5. The third kappa shape index (κ3) is 3.97. The van der Waals surface area contributed by atoms with Gasteiger partial charge in [0.25, 0.3) is 5.91 Å². The van der Waals surface area contributed by atoms with Crippen molar-refractivity contribution in [2.45, 2.75) is 26.8 Å². The molecule has 1 aromatic heterocycles. The summed E-state index contributed by atoms with van der Waals surface area (Å²) >= 11 is 1.23. The van der Waals surface area contributed by atoms with Crippen molar-refractivity contribution in [2.75, 3.05) is 4.90 Å². The Morgan fingerprint density at radius 2 is 1.67 bits per heavy atom. The molecule has 0 saturated heterocycles. The first kappa shape index (κ1) is 23.5. The molecule has 7 heteroatoms. The number of thiazole rings is 1. The standard InChI is InChI=1S/C29H24N2O4S/c1-16-12-13-21(14-17(16)2)31-24(20-10-7-11-22(32)15-20)23(26(34)29(31)35)25(33)27-18(3)30-28(36-27)19-8-5-4-6-9-19/h4-15,24,32,34H,1-3H3. The zero-order valence-electron chi connectivity index (χ0n) is 20.0. The van der Waals surface area contributed by atoms with Crippen LogP contribution in [0.1, 0.15) is 38.1 Å². The van der Waals surface area contributed by atoms with Crippen molar-refractivity contribution in [3.8, 4) is 16.3 Å². The lowest BCUT2D eigenvalue weighted by Crippen LogP contribution is -2.31. The van der Waals surface area contributed by atoms with Gasteiger partial charge in [0.1, 0.15) is 10.8 Å². The van der Waals surface area contributed by atoms with Crippen LogP contribution in [0.3, 0.4) is 0 Å². The Morgan fingerprint density at radius 1 is 0.917 bits per heavy atom. The quantitative estimate of drug-likeness (QED) is 0.320. The van der Waals surface area contributed by atoms with Crippen LogP contribution in [0.4, 0.5) is 5.69 Å². The molecule has 1 aliphatic rings. The molecule has 0 aliphatic carbocycles. The largest absolute Gasteiger partial charge is 0.508 e. The Balaban J connectivity index is 1.65. The molecule has 0 saturated carbocycles. The predicted molar refractivity (Wildman–Crippen MR) is 141 cm³/mol. The number of aromatic hydroxyl groups is 1. The summed E-state index contributed by atoms with van der Waals surface area (Å²) < 4.78 is 0. The minimum Gasteiger partial charge on any atom is -0.508 e. The van der Waals surface area contributed by atoms with E-state index in [9.17, 15) is 19.8 Å². The number of carbonyl (C=O) groups excluding carboxylic acids is 2. The van der Waals surface area contributed by atoms with E-state index in [1.807, 2.05) is 56.3 Å². The maximum atomic E-state index is 13.9. The number of phenolic OH excluding ortho intramolecular Hbond substituents is 1. The molecule has 3 aromatic carbocycles. The third-order valence-electron chi connectivity index (χ3n) is 6.43. The maximum Gasteiger partial charge on any atom is 0.294 e. The fourth-order valence-corrected chi connectivity index (χ4v) is 5.45. The molecule has 0 spiro atoms. The van der Waals surface area contributed by atoms with Crippen LogP contribution in [0.5, 0.6) is 5.75 Å². The van der Waals surface area contributed by atoms with Crippen molar-refractivity contribution in [2.24, 2.45) is 0 Å². The van der Waals surface area contributed by atoms with Gasteiger partial charge in [0, 0.05) is 11.3 Å². The Labute approximate surface area is 212 Å². The summed E-state index contributed by atoms with van der Waals surface area (Å²) in [7, 11) is 0. The Kier molecular flexibility index (Phi) is 5.94. The number of anilines is 1. The molecule has 2 heterocycles. The van der Waals surface area contributed by atoms with E-state index in [2.05, 4.69) is 4.98 Å². The lowest BCUT2D eigenvalue weighted by atomic mass is 9.94. The topological polar surface area (TPSA) is 90.7 Å². The monoisotopic (exact) mass is 496 g/mol. The Bertz CT molecular complexity index is 1540. The fourth-order valence-electron chi connectivity index (χ4n) is 4.42. The second-order valence-electron chi connectivity index (χ2n) is 8.83. The van der Waals surface area contributed by atoms with Gasteiger partial charge in [0.15, 0.2) is 5.76 Å². The molecule has 1 unspecified atom stereocenters. The van der Waals surface area contributed by atoms with Crippen molar-refractivity contribution >= 4 is 28.7 Å². The van der Waals surface area contributed by atoms with Gasteiger partial charge in [0.05, 0.1) is 22.2 Å². The van der Waals surface area contributed by atoms with E-state index in [-0.39, 0.29) is 11.3 Å². The highest BCUT2D eigenvalue weighted by molar-refractivity contribution is 7.17. The number of rotatable bonds is 5. The molecule has 1 amide bonds. The molecule has 5 rings (SSSR count). The Hall–Kier alpha value is -4.23. The first-order valence-corrected chi connectivity index (χ1v) is 12.3. The van der Waals surface area contributed by atoms with Gasteiger partial charge in [-0.2, -0.15) is 0 Å². The minimum absolute atomic E-state index is 0.00138. The van der Waals surface area contributed by atoms with Crippen LogP contribution in [0.15, 0.2) is 84.1 Å². The van der Waals surface area contributed by atoms with Gasteiger partial charge in [-0.05, 0) is 61.7 Å². The average Bonchev–Trinajstić information content (AvgIpc) is 3.38. The Morgan fingerprint density at radius 3 is 2.36 bits per heavy atom. The number of hydrogen-bond donors (Lipinski definition) is 2. The molecule has 2 N–H and O–H groups in total. The zero-order valence-corrected chi connectivity index (χ0v) is 20.8. The molecule has 180 valence electrons. The van der Waals surface area contributed by atoms with Gasteiger partial charge < -0.3 is 10.2 Å². The van der Waals surface area contributed by atoms with E-state index in [0.717, 1.165) is 16.7 Å². The van der Waals surface area contributed by atoms with Crippen LogP contribution in [-0.2, 0) is 4.79 Å². The molecular formula is C29H24N2O4S. The van der Waals surface area contributed by atoms with Gasteiger partial charge in [0.2, 0.25) is 5.78 Å². The van der Waals surface area contributed by atoms with Gasteiger partial charge in [-0.3, -0.25) is 14.5 Å². The van der Waals surface area contributed by atoms with Crippen molar-refractivity contribution in [1.29, 1.82) is 0 Å². The molecule has 1 aliphatic heterocycles. The van der Waals surface area contributed by atoms with Gasteiger partial charge in [-0.25, -0.2) is 4.98 Å². The van der Waals surface area contributed by atoms with Gasteiger partial charge >= 0.3 is 0 Å². The van der Waals surface area contributed by atoms with E-state index >= 15 is 0 Å². The molecule has 6 nitrogen and oxygen atoms in total. The number of amides is 1. The lowest BCUT2D eigenvalue weighted by Gasteiger charge is -2.27. The van der Waals surface area contributed by atoms with E-state index in [1.165, 1.54) is 28.4 Å². The van der Waals surface area contributed by atoms with Gasteiger partial charge in [-0.1, -0.05) is 48.5 Å². The van der Waals surface area contributed by atoms with Crippen LogP contribution in [0, 0.1) is 20.8 Å². The van der Waals surface area contributed by atoms with Crippen LogP contribution in [0.2, 0.25) is 0 Å². The number of aryl methyl sites for hydroxylation is 3. The summed E-state index contributed by atoms with van der Waals surface area (Å²) in [6, 6.07) is 20.6. The summed E-state index contributed by atoms with van der Waals surface area (Å²) in [6.07, 6.45) is 0. The number of aliphatic hydroxyl groups is 1. The van der Waals surface area contributed by atoms with Gasteiger partial charge in [-0.15, -0.1) is 11.3 Å². The highest BCUT2D eigenvalue weighted by atomic mass is 32.1. The van der Waals surface area contributed by atoms with Crippen molar-refractivity contribution in [3.63, 3.8) is 0 Å². The fraction of sp³-hybridized carbons (Fsp3) is 0.138. The van der Waals surface area contributed by atoms with Crippen LogP contribution in [-0.4, -0.2) is 26.9 Å². The van der Waals surface area contributed by atoms with Crippen molar-refractivity contribution in [3.05, 3.63) is 111 Å². The summed E-state index contributed by atoms with van der Waals surface area (Å²) in [5.74, 6) is -1.72. The van der Waals surface area contributed by atoms with E-state index in [4.69, 9.17) is 0 Å². The number of nitrogens with zero attached hydrogens (tertiary/aromatic N) is 2. The predicted octanol–water partition coefficient (Wildman–Crippen LogP) is 6.22. The number of ketones is 1. The SMILES string of the molecule is Cc1ccc(N2C(=O)C(O)=C(C(=O)c3sc(-c4ccccc4)nc3C)C2c2cccc(O)c2)cc1C. The smallest absolute Gasteiger partial charge is 0.294 e. The highest BCUT2D eigenvalue weighted by Crippen LogP contribution is 2.44. The summed E-state index contributed by atoms with van der Waals surface area (Å²) in [5.41, 5.74) is 4.47. The molecule has 0 bridgehead atoms. The van der Waals surface area contributed by atoms with E-state index < -0.39 is 23.5 Å². The molecule has 36 heavy (non-hydrogen) atoms. The maximum absolute atomic E-state index is 13.9. The molecular weight excluding hydrogens is 472 g/mol. The first-order chi connectivity index (χ1) is 17.3. The summed E-state index contributed by atoms with van der Waals surface area (Å²) in [5, 5.41) is 21.9. The molecule has 1 atom stereocenters. The number of carbonyl (C=O) groups is 2. The zero-order chi connectivity index (χ0) is 25.6. The molecule has 0 fully saturated rings. The minimum atomic E-state index is -0.916. The summed E-state index contributed by atoms with van der Waals surface area (Å²) in [4.78, 5) is 33.7. The van der Waals surface area contributed by atoms with E-state index in [1.54, 1.807) is 25.1 Å². The highest BCUT2D eigenvalue weighted by Gasteiger charge is 2.45. The number of benzene rings is 3. The number of aliphatic hydroxyl groups excluding tert-OH is 1. The number of Topliss-reactive ketones (excluding diaryl/α,β-unsaturated/α-hetero) is 1. The second kappa shape index (κ2) is 9.09. The van der Waals surface area contributed by atoms with Crippen molar-refractivity contribution in [1.82, 2.24) is 4.98 Å². The number of aromatic nitrogens is 1. The van der Waals surface area contributed by atoms with Crippen LogP contribution < -0.4 is 4.90 Å². The molecule has 4 aromatic rings. The lowest BCUT2D eigenvalue weighted by molar-refractivity contribution is -0.117. The molecule has 0 radical (unpaired) electrons. The van der Waals surface area contributed by atoms with Crippen LogP contribution >= 0.6 is 11.3 Å². The van der Waals surface area contributed by atoms with E-state index in [0.29, 0.717) is 26.8 Å². The number of phenols is 1. The van der Waals surface area contributed by atoms with Crippen LogP contribution in [0.25, 0.3) is 10.6 Å². The second-order valence-corrected chi connectivity index (χ2v) is 9.83. The van der Waals surface area contributed by atoms with Crippen molar-refractivity contribution < 1.29 is 19.8 Å². The average molecular weight is 497 g/mol. The number of hydrogen-bond acceptors (Lipinski definition) is 6. The normalized spacial score (nSPS) is 15.6.